The lowest BCUT2D eigenvalue weighted by Crippen LogP contribution is -2.32. The third-order valence-electron chi connectivity index (χ3n) is 3.94. The fraction of sp³-hybridized carbons (Fsp3) is 0.412. The van der Waals surface area contributed by atoms with Gasteiger partial charge in [0.15, 0.2) is 0 Å². The zero-order valence-corrected chi connectivity index (χ0v) is 16.0. The molecule has 0 aliphatic heterocycles. The van der Waals surface area contributed by atoms with Crippen LogP contribution in [0.2, 0.25) is 25.7 Å². The highest BCUT2D eigenvalue weighted by Gasteiger charge is 2.20. The van der Waals surface area contributed by atoms with Crippen molar-refractivity contribution >= 4 is 24.9 Å². The minimum absolute atomic E-state index is 0.228. The molecule has 2 rings (SSSR count). The quantitative estimate of drug-likeness (QED) is 0.260. The molecule has 0 radical (unpaired) electrons. The van der Waals surface area contributed by atoms with Crippen molar-refractivity contribution in [3.63, 3.8) is 0 Å². The monoisotopic (exact) mass is 360 g/mol. The van der Waals surface area contributed by atoms with Crippen LogP contribution in [-0.2, 0) is 11.5 Å². The summed E-state index contributed by atoms with van der Waals surface area (Å²) in [4.78, 5) is 12.1. The second-order valence-electron chi connectivity index (χ2n) is 6.97. The van der Waals surface area contributed by atoms with E-state index in [-0.39, 0.29) is 6.73 Å². The molecule has 0 bridgehead atoms. The molecule has 1 aromatic heterocycles. The van der Waals surface area contributed by atoms with E-state index in [9.17, 15) is 10.1 Å². The van der Waals surface area contributed by atoms with Crippen LogP contribution in [0.25, 0.3) is 10.9 Å². The molecule has 3 N–H and O–H groups in total. The predicted molar refractivity (Wildman–Crippen MR) is 99.0 cm³/mol. The molecule has 1 heterocycles. The maximum atomic E-state index is 12.1. The average molecular weight is 360 g/mol. The van der Waals surface area contributed by atoms with Crippen molar-refractivity contribution in [3.05, 3.63) is 29.5 Å². The fourth-order valence-corrected chi connectivity index (χ4v) is 3.31. The second-order valence-corrected chi connectivity index (χ2v) is 12.6. The lowest BCUT2D eigenvalue weighted by Gasteiger charge is -2.16. The van der Waals surface area contributed by atoms with Crippen molar-refractivity contribution in [2.45, 2.75) is 32.4 Å². The lowest BCUT2D eigenvalue weighted by molar-refractivity contribution is 0.0811. The number of hydrogen-bond donors (Lipinski definition) is 2. The number of hydrogen-bond acceptors (Lipinski definition) is 5. The molecule has 7 nitrogen and oxygen atoms in total. The Hall–Kier alpha value is -2.34. The highest BCUT2D eigenvalue weighted by atomic mass is 28.3. The van der Waals surface area contributed by atoms with E-state index in [1.165, 1.54) is 7.11 Å². The number of ether oxygens (including phenoxy) is 2. The topological polar surface area (TPSA) is 102 Å². The van der Waals surface area contributed by atoms with Crippen LogP contribution < -0.4 is 16.0 Å². The first-order chi connectivity index (χ1) is 11.8. The van der Waals surface area contributed by atoms with E-state index in [2.05, 4.69) is 31.1 Å². The summed E-state index contributed by atoms with van der Waals surface area (Å²) in [5, 5.41) is 9.91. The Morgan fingerprint density at radius 2 is 2.12 bits per heavy atom. The van der Waals surface area contributed by atoms with E-state index in [4.69, 9.17) is 15.3 Å². The van der Waals surface area contributed by atoms with E-state index in [0.717, 1.165) is 11.6 Å². The molecule has 1 amide bonds. The first-order valence-corrected chi connectivity index (χ1v) is 11.7. The molecule has 0 aliphatic carbocycles. The third kappa shape index (κ3) is 4.20. The maximum absolute atomic E-state index is 12.1. The van der Waals surface area contributed by atoms with Gasteiger partial charge in [0.2, 0.25) is 0 Å². The number of hydrazine groups is 1. The summed E-state index contributed by atoms with van der Waals surface area (Å²) in [6.07, 6.45) is 0. The standard InChI is InChI=1S/C17H24N4O3Si/c1-23-16-12(10-18)5-6-14-13(16)9-15(17(22)20-19)21(14)11-24-7-8-25(2,3)4/h5-6,9H,7-8,11,19H2,1-4H3,(H,20,22). The summed E-state index contributed by atoms with van der Waals surface area (Å²) in [6, 6.07) is 8.25. The smallest absolute Gasteiger partial charge is 0.281 e. The molecule has 0 saturated heterocycles. The number of carbonyl (C=O) groups excluding carboxylic acids is 1. The number of nitriles is 1. The van der Waals surface area contributed by atoms with Crippen LogP contribution in [0.5, 0.6) is 5.75 Å². The Morgan fingerprint density at radius 3 is 2.68 bits per heavy atom. The number of nitrogens with one attached hydrogen (secondary N) is 1. The van der Waals surface area contributed by atoms with Gasteiger partial charge in [-0.25, -0.2) is 5.84 Å². The Morgan fingerprint density at radius 1 is 1.40 bits per heavy atom. The Labute approximate surface area is 148 Å². The van der Waals surface area contributed by atoms with Crippen LogP contribution in [0, 0.1) is 11.3 Å². The van der Waals surface area contributed by atoms with E-state index in [1.807, 2.05) is 0 Å². The van der Waals surface area contributed by atoms with Crippen LogP contribution in [0.3, 0.4) is 0 Å². The van der Waals surface area contributed by atoms with Gasteiger partial charge >= 0.3 is 0 Å². The number of amides is 1. The molecule has 1 aromatic carbocycles. The van der Waals surface area contributed by atoms with Gasteiger partial charge < -0.3 is 14.0 Å². The van der Waals surface area contributed by atoms with Crippen molar-refractivity contribution in [3.8, 4) is 11.8 Å². The zero-order valence-electron chi connectivity index (χ0n) is 15.0. The molecule has 2 aromatic rings. The van der Waals surface area contributed by atoms with E-state index >= 15 is 0 Å². The molecule has 8 heteroatoms. The highest BCUT2D eigenvalue weighted by Crippen LogP contribution is 2.32. The van der Waals surface area contributed by atoms with Gasteiger partial charge in [0.1, 0.15) is 24.2 Å². The van der Waals surface area contributed by atoms with Crippen molar-refractivity contribution in [2.24, 2.45) is 5.84 Å². The average Bonchev–Trinajstić information content (AvgIpc) is 2.94. The van der Waals surface area contributed by atoms with Crippen LogP contribution in [0.4, 0.5) is 0 Å². The largest absolute Gasteiger partial charge is 0.495 e. The Bertz CT molecular complexity index is 818. The summed E-state index contributed by atoms with van der Waals surface area (Å²) in [6.45, 7) is 7.70. The lowest BCUT2D eigenvalue weighted by atomic mass is 10.1. The zero-order chi connectivity index (χ0) is 18.6. The molecule has 25 heavy (non-hydrogen) atoms. The number of nitrogen functional groups attached to an aromatic ring is 1. The number of nitrogens with two attached hydrogens (primary N) is 1. The number of methoxy groups -OCH3 is 1. The summed E-state index contributed by atoms with van der Waals surface area (Å²) < 4.78 is 12.9. The normalized spacial score (nSPS) is 11.4. The minimum Gasteiger partial charge on any atom is -0.495 e. The number of fused-ring (bicyclic) bond motifs is 1. The summed E-state index contributed by atoms with van der Waals surface area (Å²) in [5.74, 6) is 5.31. The number of nitrogens with zero attached hydrogens (tertiary/aromatic N) is 2. The molecular formula is C17H24N4O3Si. The predicted octanol–water partition coefficient (Wildman–Crippen LogP) is 2.44. The molecule has 0 spiro atoms. The van der Waals surface area contributed by atoms with Crippen molar-refractivity contribution in [1.29, 1.82) is 5.26 Å². The number of benzene rings is 1. The van der Waals surface area contributed by atoms with Crippen LogP contribution >= 0.6 is 0 Å². The number of rotatable bonds is 7. The van der Waals surface area contributed by atoms with Gasteiger partial charge in [-0.2, -0.15) is 5.26 Å². The van der Waals surface area contributed by atoms with Gasteiger partial charge in [0.05, 0.1) is 18.2 Å². The van der Waals surface area contributed by atoms with Gasteiger partial charge in [-0.3, -0.25) is 10.2 Å². The third-order valence-corrected chi connectivity index (χ3v) is 5.64. The van der Waals surface area contributed by atoms with Crippen LogP contribution in [0.1, 0.15) is 16.1 Å². The number of aromatic nitrogens is 1. The van der Waals surface area contributed by atoms with E-state index in [1.54, 1.807) is 22.8 Å². The van der Waals surface area contributed by atoms with E-state index in [0.29, 0.717) is 29.0 Å². The summed E-state index contributed by atoms with van der Waals surface area (Å²) in [5.41, 5.74) is 3.67. The van der Waals surface area contributed by atoms with E-state index < -0.39 is 14.0 Å². The SMILES string of the molecule is COc1c(C#N)ccc2c1cc(C(=O)NN)n2COCC[Si](C)(C)C. The Kier molecular flexibility index (Phi) is 5.84. The Balaban J connectivity index is 2.42. The van der Waals surface area contributed by atoms with Gasteiger partial charge in [0.25, 0.3) is 5.91 Å². The van der Waals surface area contributed by atoms with Gasteiger partial charge in [-0.15, -0.1) is 0 Å². The van der Waals surface area contributed by atoms with Crippen molar-refractivity contribution in [1.82, 2.24) is 9.99 Å². The molecule has 0 unspecified atom stereocenters. The highest BCUT2D eigenvalue weighted by molar-refractivity contribution is 6.76. The molecule has 134 valence electrons. The molecule has 0 atom stereocenters. The van der Waals surface area contributed by atoms with Crippen LogP contribution in [0.15, 0.2) is 18.2 Å². The summed E-state index contributed by atoms with van der Waals surface area (Å²) in [7, 11) is 0.308. The van der Waals surface area contributed by atoms with Crippen molar-refractivity contribution in [2.75, 3.05) is 13.7 Å². The first-order valence-electron chi connectivity index (χ1n) is 8.01. The first kappa shape index (κ1) is 19.0. The molecule has 0 saturated carbocycles. The molecular weight excluding hydrogens is 336 g/mol. The molecule has 0 aliphatic rings. The van der Waals surface area contributed by atoms with Crippen molar-refractivity contribution < 1.29 is 14.3 Å². The summed E-state index contributed by atoms with van der Waals surface area (Å²) >= 11 is 0. The minimum atomic E-state index is -1.19. The second kappa shape index (κ2) is 7.69. The van der Waals surface area contributed by atoms with Crippen LogP contribution in [-0.4, -0.2) is 32.3 Å². The van der Waals surface area contributed by atoms with Gasteiger partial charge in [-0.05, 0) is 24.2 Å². The number of carbonyl (C=O) groups is 1. The van der Waals surface area contributed by atoms with Gasteiger partial charge in [0, 0.05) is 20.1 Å². The maximum Gasteiger partial charge on any atom is 0.281 e. The fourth-order valence-electron chi connectivity index (χ4n) is 2.55. The molecule has 0 fully saturated rings. The van der Waals surface area contributed by atoms with Gasteiger partial charge in [-0.1, -0.05) is 19.6 Å².